The van der Waals surface area contributed by atoms with E-state index in [1.165, 1.54) is 11.1 Å². The van der Waals surface area contributed by atoms with Crippen LogP contribution in [0.25, 0.3) is 0 Å². The Labute approximate surface area is 146 Å². The van der Waals surface area contributed by atoms with Gasteiger partial charge in [0.1, 0.15) is 0 Å². The first kappa shape index (κ1) is 18.9. The summed E-state index contributed by atoms with van der Waals surface area (Å²) in [5.74, 6) is 0.289. The molecule has 0 amide bonds. The summed E-state index contributed by atoms with van der Waals surface area (Å²) in [7, 11) is -3.64. The van der Waals surface area contributed by atoms with E-state index in [1.54, 1.807) is 24.3 Å². The van der Waals surface area contributed by atoms with E-state index in [0.717, 1.165) is 37.7 Å². The summed E-state index contributed by atoms with van der Waals surface area (Å²) in [6.07, 6.45) is 9.71. The predicted octanol–water partition coefficient (Wildman–Crippen LogP) is 5.17. The summed E-state index contributed by atoms with van der Waals surface area (Å²) >= 11 is 0. The lowest BCUT2D eigenvalue weighted by molar-refractivity contribution is 0.242. The van der Waals surface area contributed by atoms with Crippen LogP contribution in [0.3, 0.4) is 0 Å². The molecule has 2 rings (SSSR count). The molecule has 0 spiro atoms. The van der Waals surface area contributed by atoms with Crippen molar-refractivity contribution in [1.82, 2.24) is 0 Å². The predicted molar refractivity (Wildman–Crippen MR) is 98.4 cm³/mol. The Bertz CT molecular complexity index is 693. The topological polar surface area (TPSA) is 43.4 Å². The molecule has 4 heteroatoms. The van der Waals surface area contributed by atoms with Gasteiger partial charge in [-0.2, -0.15) is 8.42 Å². The average Bonchev–Trinajstić information content (AvgIpc) is 2.54. The van der Waals surface area contributed by atoms with Gasteiger partial charge in [-0.15, -0.1) is 0 Å². The molecular formula is C20H28O3S. The minimum Gasteiger partial charge on any atom is -0.266 e. The van der Waals surface area contributed by atoms with Crippen LogP contribution in [-0.4, -0.2) is 15.0 Å². The lowest BCUT2D eigenvalue weighted by atomic mass is 9.88. The Hall–Kier alpha value is -1.39. The lowest BCUT2D eigenvalue weighted by Crippen LogP contribution is -2.16. The standard InChI is InChI=1S/C20H28O3S/c1-16(2)5-4-6-18-9-11-19(12-10-18)15-23-24(21,22)20-13-7-17(3)8-14-20/h5,7-9,13-14,19H,4,6,10-12,15H2,1-3H3. The molecule has 0 aromatic heterocycles. The summed E-state index contributed by atoms with van der Waals surface area (Å²) < 4.78 is 29.7. The first-order valence-corrected chi connectivity index (χ1v) is 10.0. The van der Waals surface area contributed by atoms with Crippen LogP contribution in [0.15, 0.2) is 52.5 Å². The van der Waals surface area contributed by atoms with Crippen LogP contribution in [0.1, 0.15) is 51.5 Å². The molecule has 1 unspecified atom stereocenters. The van der Waals surface area contributed by atoms with Gasteiger partial charge in [-0.3, -0.25) is 4.18 Å². The molecule has 0 radical (unpaired) electrons. The number of rotatable bonds is 7. The van der Waals surface area contributed by atoms with Crippen LogP contribution in [0.2, 0.25) is 0 Å². The molecule has 0 fully saturated rings. The highest BCUT2D eigenvalue weighted by molar-refractivity contribution is 7.86. The number of benzene rings is 1. The maximum Gasteiger partial charge on any atom is 0.296 e. The first-order valence-electron chi connectivity index (χ1n) is 8.64. The van der Waals surface area contributed by atoms with E-state index >= 15 is 0 Å². The molecule has 0 heterocycles. The zero-order valence-corrected chi connectivity index (χ0v) is 15.7. The van der Waals surface area contributed by atoms with Crippen LogP contribution in [0.5, 0.6) is 0 Å². The fourth-order valence-electron chi connectivity index (χ4n) is 2.83. The summed E-state index contributed by atoms with van der Waals surface area (Å²) in [5.41, 5.74) is 3.89. The summed E-state index contributed by atoms with van der Waals surface area (Å²) in [6, 6.07) is 6.79. The fraction of sp³-hybridized carbons (Fsp3) is 0.500. The van der Waals surface area contributed by atoms with Crippen molar-refractivity contribution in [1.29, 1.82) is 0 Å². The normalized spacial score (nSPS) is 18.1. The van der Waals surface area contributed by atoms with Crippen LogP contribution in [0.4, 0.5) is 0 Å². The van der Waals surface area contributed by atoms with Crippen molar-refractivity contribution in [2.45, 2.75) is 57.8 Å². The highest BCUT2D eigenvalue weighted by Gasteiger charge is 2.20. The van der Waals surface area contributed by atoms with Gasteiger partial charge in [-0.1, -0.05) is 41.0 Å². The maximum atomic E-state index is 12.2. The summed E-state index contributed by atoms with van der Waals surface area (Å²) in [5, 5.41) is 0. The molecule has 1 aliphatic rings. The quantitative estimate of drug-likeness (QED) is 0.504. The first-order chi connectivity index (χ1) is 11.4. The SMILES string of the molecule is CC(C)=CCCC1=CCC(COS(=O)(=O)c2ccc(C)cc2)CC1. The molecule has 1 aromatic carbocycles. The second kappa shape index (κ2) is 8.63. The van der Waals surface area contributed by atoms with Crippen molar-refractivity contribution >= 4 is 10.1 Å². The van der Waals surface area contributed by atoms with Gasteiger partial charge in [-0.05, 0) is 70.9 Å². The van der Waals surface area contributed by atoms with Crippen LogP contribution in [0, 0.1) is 12.8 Å². The third kappa shape index (κ3) is 5.91. The van der Waals surface area contributed by atoms with Gasteiger partial charge in [0.15, 0.2) is 0 Å². The molecule has 0 saturated heterocycles. The van der Waals surface area contributed by atoms with E-state index in [9.17, 15) is 8.42 Å². The zero-order valence-electron chi connectivity index (χ0n) is 14.9. The molecule has 0 N–H and O–H groups in total. The van der Waals surface area contributed by atoms with Crippen molar-refractivity contribution in [3.8, 4) is 0 Å². The van der Waals surface area contributed by atoms with Crippen molar-refractivity contribution in [3.63, 3.8) is 0 Å². The van der Waals surface area contributed by atoms with E-state index in [-0.39, 0.29) is 17.4 Å². The fourth-order valence-corrected chi connectivity index (χ4v) is 3.80. The third-order valence-electron chi connectivity index (χ3n) is 4.40. The number of allylic oxidation sites excluding steroid dienone is 4. The number of aryl methyl sites for hydroxylation is 1. The van der Waals surface area contributed by atoms with Crippen molar-refractivity contribution in [2.24, 2.45) is 5.92 Å². The maximum absolute atomic E-state index is 12.2. The Kier molecular flexibility index (Phi) is 6.81. The summed E-state index contributed by atoms with van der Waals surface area (Å²) in [6.45, 7) is 6.45. The van der Waals surface area contributed by atoms with E-state index in [4.69, 9.17) is 4.18 Å². The number of hydrogen-bond acceptors (Lipinski definition) is 3. The molecule has 0 aliphatic heterocycles. The van der Waals surface area contributed by atoms with E-state index < -0.39 is 10.1 Å². The Balaban J connectivity index is 1.82. The molecule has 3 nitrogen and oxygen atoms in total. The van der Waals surface area contributed by atoms with E-state index in [0.29, 0.717) is 0 Å². The minimum absolute atomic E-state index is 0.238. The van der Waals surface area contributed by atoms with Gasteiger partial charge in [-0.25, -0.2) is 0 Å². The zero-order chi connectivity index (χ0) is 17.6. The minimum atomic E-state index is -3.64. The summed E-state index contributed by atoms with van der Waals surface area (Å²) in [4.78, 5) is 0.238. The van der Waals surface area contributed by atoms with Gasteiger partial charge in [0.05, 0.1) is 11.5 Å². The Morgan fingerprint density at radius 2 is 1.96 bits per heavy atom. The van der Waals surface area contributed by atoms with Gasteiger partial charge < -0.3 is 0 Å². The Morgan fingerprint density at radius 3 is 2.54 bits per heavy atom. The molecule has 0 bridgehead atoms. The lowest BCUT2D eigenvalue weighted by Gasteiger charge is -2.21. The van der Waals surface area contributed by atoms with Crippen LogP contribution >= 0.6 is 0 Å². The molecule has 0 saturated carbocycles. The monoisotopic (exact) mass is 348 g/mol. The van der Waals surface area contributed by atoms with Crippen molar-refractivity contribution < 1.29 is 12.6 Å². The smallest absolute Gasteiger partial charge is 0.266 e. The molecule has 1 aromatic rings. The molecule has 1 atom stereocenters. The van der Waals surface area contributed by atoms with Gasteiger partial charge in [0, 0.05) is 0 Å². The van der Waals surface area contributed by atoms with Gasteiger partial charge >= 0.3 is 0 Å². The highest BCUT2D eigenvalue weighted by Crippen LogP contribution is 2.27. The Morgan fingerprint density at radius 1 is 1.25 bits per heavy atom. The van der Waals surface area contributed by atoms with Crippen LogP contribution in [-0.2, 0) is 14.3 Å². The van der Waals surface area contributed by atoms with Gasteiger partial charge in [0.25, 0.3) is 10.1 Å². The second-order valence-electron chi connectivity index (χ2n) is 6.87. The second-order valence-corrected chi connectivity index (χ2v) is 8.49. The molecule has 1 aliphatic carbocycles. The number of hydrogen-bond donors (Lipinski definition) is 0. The van der Waals surface area contributed by atoms with Crippen LogP contribution < -0.4 is 0 Å². The van der Waals surface area contributed by atoms with Gasteiger partial charge in [0.2, 0.25) is 0 Å². The highest BCUT2D eigenvalue weighted by atomic mass is 32.2. The van der Waals surface area contributed by atoms with E-state index in [1.807, 2.05) is 6.92 Å². The van der Waals surface area contributed by atoms with E-state index in [2.05, 4.69) is 26.0 Å². The van der Waals surface area contributed by atoms with Crippen molar-refractivity contribution in [3.05, 3.63) is 53.1 Å². The molecule has 24 heavy (non-hydrogen) atoms. The molecule has 132 valence electrons. The largest absolute Gasteiger partial charge is 0.296 e. The van der Waals surface area contributed by atoms with Crippen molar-refractivity contribution in [2.75, 3.05) is 6.61 Å². The average molecular weight is 349 g/mol. The molecular weight excluding hydrogens is 320 g/mol. The third-order valence-corrected chi connectivity index (χ3v) is 5.70.